The Labute approximate surface area is 73.5 Å². The van der Waals surface area contributed by atoms with Crippen LogP contribution in [0.1, 0.15) is 17.5 Å². The van der Waals surface area contributed by atoms with Crippen molar-refractivity contribution in [2.45, 2.75) is 13.0 Å². The normalized spacial score (nSPS) is 12.5. The van der Waals surface area contributed by atoms with Gasteiger partial charge in [0.1, 0.15) is 0 Å². The lowest BCUT2D eigenvalue weighted by Gasteiger charge is -2.03. The van der Waals surface area contributed by atoms with Crippen LogP contribution in [0.2, 0.25) is 0 Å². The Morgan fingerprint density at radius 2 is 2.54 bits per heavy atom. The summed E-state index contributed by atoms with van der Waals surface area (Å²) < 4.78 is 4.53. The number of aliphatic hydroxyl groups is 1. The summed E-state index contributed by atoms with van der Waals surface area (Å²) in [6.45, 7) is 1.65. The first-order chi connectivity index (χ1) is 6.09. The van der Waals surface area contributed by atoms with Gasteiger partial charge in [-0.05, 0) is 6.92 Å². The SMILES string of the molecule is C[C@@H](O)CNC(=O)c1cc(=O)[nH]o1. The van der Waals surface area contributed by atoms with Crippen molar-refractivity contribution in [1.82, 2.24) is 10.5 Å². The summed E-state index contributed by atoms with van der Waals surface area (Å²) in [5.74, 6) is -0.620. The fraction of sp³-hybridized carbons (Fsp3) is 0.429. The molecule has 1 aromatic heterocycles. The first-order valence-corrected chi connectivity index (χ1v) is 3.74. The van der Waals surface area contributed by atoms with Crippen molar-refractivity contribution in [3.8, 4) is 0 Å². The number of nitrogens with one attached hydrogen (secondary N) is 2. The largest absolute Gasteiger partial charge is 0.392 e. The number of aromatic amines is 1. The fourth-order valence-electron chi connectivity index (χ4n) is 0.723. The number of aromatic nitrogens is 1. The second kappa shape index (κ2) is 3.90. The number of carbonyl (C=O) groups is 1. The van der Waals surface area contributed by atoms with E-state index in [1.54, 1.807) is 0 Å². The number of H-pyrrole nitrogens is 1. The summed E-state index contributed by atoms with van der Waals surface area (Å²) in [7, 11) is 0. The Morgan fingerprint density at radius 3 is 3.00 bits per heavy atom. The van der Waals surface area contributed by atoms with E-state index in [9.17, 15) is 9.59 Å². The molecule has 0 saturated heterocycles. The molecule has 6 nitrogen and oxygen atoms in total. The maximum atomic E-state index is 11.1. The molecule has 1 amide bonds. The second-order valence-corrected chi connectivity index (χ2v) is 2.64. The topological polar surface area (TPSA) is 95.3 Å². The van der Waals surface area contributed by atoms with Gasteiger partial charge in [0.2, 0.25) is 5.76 Å². The molecule has 0 spiro atoms. The maximum Gasteiger partial charge on any atom is 0.290 e. The fourth-order valence-corrected chi connectivity index (χ4v) is 0.723. The van der Waals surface area contributed by atoms with Gasteiger partial charge in [0.05, 0.1) is 12.2 Å². The number of hydrogen-bond donors (Lipinski definition) is 3. The van der Waals surface area contributed by atoms with Gasteiger partial charge in [-0.15, -0.1) is 0 Å². The summed E-state index contributed by atoms with van der Waals surface area (Å²) in [6.07, 6.45) is -0.630. The van der Waals surface area contributed by atoms with Crippen LogP contribution in [0, 0.1) is 0 Å². The van der Waals surface area contributed by atoms with E-state index >= 15 is 0 Å². The van der Waals surface area contributed by atoms with Crippen molar-refractivity contribution in [3.63, 3.8) is 0 Å². The molecule has 6 heteroatoms. The molecule has 0 radical (unpaired) electrons. The minimum Gasteiger partial charge on any atom is -0.392 e. The molecule has 0 bridgehead atoms. The van der Waals surface area contributed by atoms with Crippen LogP contribution in [0.4, 0.5) is 0 Å². The highest BCUT2D eigenvalue weighted by Gasteiger charge is 2.10. The van der Waals surface area contributed by atoms with Crippen molar-refractivity contribution in [2.24, 2.45) is 0 Å². The van der Waals surface area contributed by atoms with Crippen LogP contribution in [0.5, 0.6) is 0 Å². The molecule has 13 heavy (non-hydrogen) atoms. The smallest absolute Gasteiger partial charge is 0.290 e. The first kappa shape index (κ1) is 9.53. The molecule has 0 aliphatic heterocycles. The number of aliphatic hydroxyl groups excluding tert-OH is 1. The summed E-state index contributed by atoms with van der Waals surface area (Å²) in [6, 6.07) is 1.04. The zero-order valence-electron chi connectivity index (χ0n) is 7.03. The highest BCUT2D eigenvalue weighted by molar-refractivity contribution is 5.91. The molecule has 1 aromatic rings. The molecule has 3 N–H and O–H groups in total. The predicted molar refractivity (Wildman–Crippen MR) is 43.3 cm³/mol. The Morgan fingerprint density at radius 1 is 1.85 bits per heavy atom. The molecule has 0 aliphatic rings. The average molecular weight is 186 g/mol. The van der Waals surface area contributed by atoms with Gasteiger partial charge >= 0.3 is 0 Å². The van der Waals surface area contributed by atoms with Gasteiger partial charge in [0.15, 0.2) is 0 Å². The average Bonchev–Trinajstić information content (AvgIpc) is 2.47. The van der Waals surface area contributed by atoms with Crippen molar-refractivity contribution in [2.75, 3.05) is 6.54 Å². The zero-order valence-corrected chi connectivity index (χ0v) is 7.03. The van der Waals surface area contributed by atoms with E-state index in [2.05, 4.69) is 9.84 Å². The Balaban J connectivity index is 2.54. The third-order valence-corrected chi connectivity index (χ3v) is 1.31. The summed E-state index contributed by atoms with van der Waals surface area (Å²) in [5.41, 5.74) is -0.470. The van der Waals surface area contributed by atoms with Crippen LogP contribution in [-0.2, 0) is 0 Å². The maximum absolute atomic E-state index is 11.1. The third-order valence-electron chi connectivity index (χ3n) is 1.31. The first-order valence-electron chi connectivity index (χ1n) is 3.74. The van der Waals surface area contributed by atoms with Gasteiger partial charge in [-0.1, -0.05) is 0 Å². The standard InChI is InChI=1S/C7H10N2O4/c1-4(10)3-8-7(12)5-2-6(11)9-13-5/h2,4,10H,3H2,1H3,(H,8,12)(H,9,11)/t4-/m1/s1. The molecule has 0 saturated carbocycles. The van der Waals surface area contributed by atoms with Gasteiger partial charge < -0.3 is 14.9 Å². The minimum atomic E-state index is -0.630. The van der Waals surface area contributed by atoms with E-state index < -0.39 is 17.6 Å². The van der Waals surface area contributed by atoms with E-state index in [1.165, 1.54) is 6.92 Å². The lowest BCUT2D eigenvalue weighted by molar-refractivity contribution is 0.0887. The molecule has 0 unspecified atom stereocenters. The highest BCUT2D eigenvalue weighted by Crippen LogP contribution is 1.91. The zero-order chi connectivity index (χ0) is 9.84. The number of amides is 1. The molecular weight excluding hydrogens is 176 g/mol. The lowest BCUT2D eigenvalue weighted by Crippen LogP contribution is -2.30. The quantitative estimate of drug-likeness (QED) is 0.568. The Bertz CT molecular complexity index is 338. The van der Waals surface area contributed by atoms with Crippen molar-refractivity contribution >= 4 is 5.91 Å². The lowest BCUT2D eigenvalue weighted by atomic mass is 10.4. The number of hydrogen-bond acceptors (Lipinski definition) is 4. The van der Waals surface area contributed by atoms with Crippen LogP contribution in [0.15, 0.2) is 15.4 Å². The monoisotopic (exact) mass is 186 g/mol. The van der Waals surface area contributed by atoms with E-state index in [4.69, 9.17) is 5.11 Å². The molecule has 1 heterocycles. The molecule has 1 rings (SSSR count). The van der Waals surface area contributed by atoms with Crippen molar-refractivity contribution in [1.29, 1.82) is 0 Å². The van der Waals surface area contributed by atoms with Gasteiger partial charge in [0.25, 0.3) is 11.5 Å². The molecule has 1 atom stereocenters. The highest BCUT2D eigenvalue weighted by atomic mass is 16.5. The van der Waals surface area contributed by atoms with Crippen molar-refractivity contribution in [3.05, 3.63) is 22.2 Å². The second-order valence-electron chi connectivity index (χ2n) is 2.64. The van der Waals surface area contributed by atoms with Crippen LogP contribution < -0.4 is 10.9 Å². The van der Waals surface area contributed by atoms with Crippen LogP contribution in [0.25, 0.3) is 0 Å². The summed E-state index contributed by atoms with van der Waals surface area (Å²) in [4.78, 5) is 21.6. The van der Waals surface area contributed by atoms with E-state index in [-0.39, 0.29) is 12.3 Å². The Hall–Kier alpha value is -1.56. The molecule has 0 aromatic carbocycles. The molecule has 0 aliphatic carbocycles. The van der Waals surface area contributed by atoms with Crippen LogP contribution in [0.3, 0.4) is 0 Å². The van der Waals surface area contributed by atoms with Crippen LogP contribution >= 0.6 is 0 Å². The van der Waals surface area contributed by atoms with Gasteiger partial charge in [-0.3, -0.25) is 9.59 Å². The van der Waals surface area contributed by atoms with E-state index in [1.807, 2.05) is 5.16 Å². The molecule has 0 fully saturated rings. The van der Waals surface area contributed by atoms with E-state index in [0.29, 0.717) is 0 Å². The minimum absolute atomic E-state index is 0.0920. The molecular formula is C7H10N2O4. The number of rotatable bonds is 3. The van der Waals surface area contributed by atoms with Crippen LogP contribution in [-0.4, -0.2) is 28.8 Å². The summed E-state index contributed by atoms with van der Waals surface area (Å²) in [5, 5.41) is 13.2. The van der Waals surface area contributed by atoms with Crippen molar-refractivity contribution < 1.29 is 14.4 Å². The third kappa shape index (κ3) is 2.75. The Kier molecular flexibility index (Phi) is 2.86. The van der Waals surface area contributed by atoms with E-state index in [0.717, 1.165) is 6.07 Å². The van der Waals surface area contributed by atoms with Gasteiger partial charge in [0, 0.05) is 6.54 Å². The number of carbonyl (C=O) groups excluding carboxylic acids is 1. The summed E-state index contributed by atoms with van der Waals surface area (Å²) >= 11 is 0. The molecule has 72 valence electrons. The van der Waals surface area contributed by atoms with Gasteiger partial charge in [-0.2, -0.15) is 5.16 Å². The van der Waals surface area contributed by atoms with Gasteiger partial charge in [-0.25, -0.2) is 0 Å². The predicted octanol–water partition coefficient (Wildman–Crippen LogP) is -0.921.